The van der Waals surface area contributed by atoms with Crippen molar-refractivity contribution in [2.75, 3.05) is 6.54 Å². The molecule has 2 atom stereocenters. The minimum absolute atomic E-state index is 0. The van der Waals surface area contributed by atoms with Gasteiger partial charge in [-0.3, -0.25) is 9.59 Å². The van der Waals surface area contributed by atoms with E-state index in [0.29, 0.717) is 13.0 Å². The van der Waals surface area contributed by atoms with Gasteiger partial charge >= 0.3 is 7.12 Å². The Morgan fingerprint density at radius 3 is 2.23 bits per heavy atom. The van der Waals surface area contributed by atoms with E-state index in [1.807, 2.05) is 52.8 Å². The van der Waals surface area contributed by atoms with E-state index in [1.54, 1.807) is 0 Å². The Kier molecular flexibility index (Phi) is 10.5. The minimum atomic E-state index is -0.921. The molecule has 0 aliphatic carbocycles. The maximum absolute atomic E-state index is 12.7. The van der Waals surface area contributed by atoms with E-state index in [2.05, 4.69) is 22.8 Å². The molecule has 0 radical (unpaired) electrons. The summed E-state index contributed by atoms with van der Waals surface area (Å²) in [6, 6.07) is 9.28. The number of carbonyl (C=O) groups excluding carboxylic acids is 2. The monoisotopic (exact) mass is 453 g/mol. The molecule has 2 rings (SSSR count). The molecule has 4 N–H and O–H groups in total. The van der Waals surface area contributed by atoms with Crippen LogP contribution in [0.15, 0.2) is 30.3 Å². The number of rotatable bonds is 10. The highest BCUT2D eigenvalue weighted by molar-refractivity contribution is 6.48. The van der Waals surface area contributed by atoms with E-state index < -0.39 is 24.4 Å². The van der Waals surface area contributed by atoms with Gasteiger partial charge in [0.15, 0.2) is 0 Å². The smallest absolute Gasteiger partial charge is 0.402 e. The predicted octanol–water partition coefficient (Wildman–Crippen LogP) is 2.40. The number of nitrogens with two attached hydrogens (primary N) is 1. The summed E-state index contributed by atoms with van der Waals surface area (Å²) in [5.41, 5.74) is 6.21. The zero-order valence-corrected chi connectivity index (χ0v) is 20.1. The van der Waals surface area contributed by atoms with Crippen molar-refractivity contribution in [3.05, 3.63) is 35.9 Å². The molecule has 1 aromatic rings. The first-order chi connectivity index (χ1) is 14.1. The van der Waals surface area contributed by atoms with Gasteiger partial charge in [-0.1, -0.05) is 30.3 Å². The lowest BCUT2D eigenvalue weighted by atomic mass is 9.75. The van der Waals surface area contributed by atoms with Gasteiger partial charge in [-0.2, -0.15) is 0 Å². The Balaban J connectivity index is 0.00000480. The van der Waals surface area contributed by atoms with Crippen LogP contribution in [0.1, 0.15) is 59.4 Å². The molecular weight excluding hydrogens is 417 g/mol. The van der Waals surface area contributed by atoms with Crippen LogP contribution in [0, 0.1) is 0 Å². The van der Waals surface area contributed by atoms with Crippen molar-refractivity contribution in [2.45, 2.75) is 83.5 Å². The van der Waals surface area contributed by atoms with Crippen molar-refractivity contribution in [1.82, 2.24) is 10.6 Å². The number of benzene rings is 1. The molecule has 0 spiro atoms. The molecule has 0 unspecified atom stereocenters. The third-order valence-electron chi connectivity index (χ3n) is 5.87. The summed E-state index contributed by atoms with van der Waals surface area (Å²) in [5, 5.41) is 5.64. The van der Waals surface area contributed by atoms with Crippen molar-refractivity contribution in [1.29, 1.82) is 0 Å². The van der Waals surface area contributed by atoms with Crippen LogP contribution in [0.25, 0.3) is 0 Å². The molecule has 1 saturated heterocycles. The van der Waals surface area contributed by atoms with Crippen molar-refractivity contribution in [3.63, 3.8) is 0 Å². The van der Waals surface area contributed by atoms with E-state index in [1.165, 1.54) is 5.56 Å². The number of aryl methyl sites for hydroxylation is 1. The van der Waals surface area contributed by atoms with Crippen LogP contribution in [-0.2, 0) is 25.3 Å². The number of hydrogen-bond acceptors (Lipinski definition) is 5. The molecule has 9 heteroatoms. The first-order valence-electron chi connectivity index (χ1n) is 10.8. The summed E-state index contributed by atoms with van der Waals surface area (Å²) in [5.74, 6) is -0.973. The molecule has 1 aliphatic rings. The molecule has 0 bridgehead atoms. The van der Waals surface area contributed by atoms with E-state index in [9.17, 15) is 9.59 Å². The van der Waals surface area contributed by atoms with Crippen LogP contribution in [0.2, 0.25) is 0 Å². The Hall–Kier alpha value is -1.61. The maximum atomic E-state index is 12.7. The first-order valence-corrected chi connectivity index (χ1v) is 10.8. The molecule has 2 amide bonds. The Morgan fingerprint density at radius 1 is 1.10 bits per heavy atom. The molecule has 1 heterocycles. The van der Waals surface area contributed by atoms with E-state index >= 15 is 0 Å². The third kappa shape index (κ3) is 7.79. The minimum Gasteiger partial charge on any atom is -0.402 e. The van der Waals surface area contributed by atoms with Gasteiger partial charge in [0.1, 0.15) is 0 Å². The van der Waals surface area contributed by atoms with Crippen molar-refractivity contribution >= 4 is 31.3 Å². The summed E-state index contributed by atoms with van der Waals surface area (Å²) >= 11 is 0. The van der Waals surface area contributed by atoms with Crippen molar-refractivity contribution in [3.8, 4) is 0 Å². The Bertz CT molecular complexity index is 702. The second kappa shape index (κ2) is 11.9. The summed E-state index contributed by atoms with van der Waals surface area (Å²) < 4.78 is 12.3. The lowest BCUT2D eigenvalue weighted by Gasteiger charge is -2.32. The molecule has 1 aliphatic heterocycles. The van der Waals surface area contributed by atoms with E-state index in [4.69, 9.17) is 15.0 Å². The fourth-order valence-corrected chi connectivity index (χ4v) is 3.35. The molecule has 1 aromatic carbocycles. The van der Waals surface area contributed by atoms with Crippen LogP contribution in [0.5, 0.6) is 0 Å². The van der Waals surface area contributed by atoms with Gasteiger partial charge in [-0.15, -0.1) is 12.4 Å². The SMILES string of the molecule is CCNC(=O)C[C@@H](N)C(=O)N[C@@H](CCCc1ccccc1)B1OC(C)(C)C(C)(C)O1.Cl. The summed E-state index contributed by atoms with van der Waals surface area (Å²) in [6.45, 7) is 10.3. The predicted molar refractivity (Wildman–Crippen MR) is 126 cm³/mol. The molecule has 0 saturated carbocycles. The van der Waals surface area contributed by atoms with Crippen LogP contribution in [-0.4, -0.2) is 48.7 Å². The number of carbonyl (C=O) groups is 2. The average molecular weight is 454 g/mol. The summed E-state index contributed by atoms with van der Waals surface area (Å²) in [4.78, 5) is 24.5. The fourth-order valence-electron chi connectivity index (χ4n) is 3.35. The molecule has 174 valence electrons. The summed E-state index contributed by atoms with van der Waals surface area (Å²) in [6.07, 6.45) is 2.35. The number of hydrogen-bond donors (Lipinski definition) is 3. The van der Waals surface area contributed by atoms with Gasteiger partial charge in [0.2, 0.25) is 11.8 Å². The molecule has 0 aromatic heterocycles. The molecule has 31 heavy (non-hydrogen) atoms. The second-order valence-corrected chi connectivity index (χ2v) is 8.88. The van der Waals surface area contributed by atoms with Gasteiger partial charge in [0, 0.05) is 6.54 Å². The van der Waals surface area contributed by atoms with Crippen molar-refractivity contribution < 1.29 is 18.9 Å². The highest BCUT2D eigenvalue weighted by atomic mass is 35.5. The zero-order chi connectivity index (χ0) is 22.4. The van der Waals surface area contributed by atoms with Gasteiger partial charge < -0.3 is 25.7 Å². The van der Waals surface area contributed by atoms with Crippen LogP contribution in [0.3, 0.4) is 0 Å². The number of halogens is 1. The quantitative estimate of drug-likeness (QED) is 0.472. The first kappa shape index (κ1) is 27.4. The lowest BCUT2D eigenvalue weighted by molar-refractivity contribution is -0.127. The average Bonchev–Trinajstić information content (AvgIpc) is 2.89. The number of amides is 2. The lowest BCUT2D eigenvalue weighted by Crippen LogP contribution is -2.53. The van der Waals surface area contributed by atoms with Gasteiger partial charge in [-0.25, -0.2) is 0 Å². The fraction of sp³-hybridized carbons (Fsp3) is 0.636. The van der Waals surface area contributed by atoms with Crippen LogP contribution in [0.4, 0.5) is 0 Å². The normalized spacial score (nSPS) is 18.6. The van der Waals surface area contributed by atoms with Gasteiger partial charge in [0.25, 0.3) is 0 Å². The standard InChI is InChI=1S/C22H36BN3O4.ClH/c1-6-25-19(27)15-17(24)20(28)26-18(14-10-13-16-11-8-7-9-12-16)23-29-21(2,3)22(4,5)30-23;/h7-9,11-12,17-18H,6,10,13-15,24H2,1-5H3,(H,25,27)(H,26,28);1H/t17-,18+;/m1./s1. The Labute approximate surface area is 192 Å². The third-order valence-corrected chi connectivity index (χ3v) is 5.87. The molecular formula is C22H37BClN3O4. The maximum Gasteiger partial charge on any atom is 0.481 e. The highest BCUT2D eigenvalue weighted by Crippen LogP contribution is 2.38. The van der Waals surface area contributed by atoms with Crippen molar-refractivity contribution in [2.24, 2.45) is 5.73 Å². The molecule has 1 fully saturated rings. The zero-order valence-electron chi connectivity index (χ0n) is 19.3. The highest BCUT2D eigenvalue weighted by Gasteiger charge is 2.54. The Morgan fingerprint density at radius 2 is 1.68 bits per heavy atom. The van der Waals surface area contributed by atoms with E-state index in [-0.39, 0.29) is 36.6 Å². The second-order valence-electron chi connectivity index (χ2n) is 8.88. The number of nitrogens with one attached hydrogen (secondary N) is 2. The van der Waals surface area contributed by atoms with Crippen LogP contribution >= 0.6 is 12.4 Å². The van der Waals surface area contributed by atoms with E-state index in [0.717, 1.165) is 12.8 Å². The topological polar surface area (TPSA) is 103 Å². The van der Waals surface area contributed by atoms with Gasteiger partial charge in [0.05, 0.1) is 29.6 Å². The molecule has 7 nitrogen and oxygen atoms in total. The largest absolute Gasteiger partial charge is 0.481 e. The van der Waals surface area contributed by atoms with Crippen LogP contribution < -0.4 is 16.4 Å². The van der Waals surface area contributed by atoms with Gasteiger partial charge in [-0.05, 0) is 59.4 Å². The summed E-state index contributed by atoms with van der Waals surface area (Å²) in [7, 11) is -0.577.